The molecule has 8 aliphatic rings. The van der Waals surface area contributed by atoms with Crippen molar-refractivity contribution in [3.63, 3.8) is 0 Å². The number of rotatable bonds is 7. The fourth-order valence-corrected chi connectivity index (χ4v) is 14.5. The molecule has 3 heterocycles. The Balaban J connectivity index is 1.01. The van der Waals surface area contributed by atoms with Crippen LogP contribution in [-0.2, 0) is 18.9 Å². The molecule has 14 atom stereocenters. The molecule has 48 heavy (non-hydrogen) atoms. The first kappa shape index (κ1) is 34.1. The number of morpholine rings is 1. The van der Waals surface area contributed by atoms with Crippen molar-refractivity contribution in [2.45, 2.75) is 137 Å². The van der Waals surface area contributed by atoms with Gasteiger partial charge in [0, 0.05) is 38.1 Å². The number of nitrogens with two attached hydrogens (primary N) is 1. The van der Waals surface area contributed by atoms with Gasteiger partial charge in [-0.3, -0.25) is 4.90 Å². The average molecular weight is 672 g/mol. The summed E-state index contributed by atoms with van der Waals surface area (Å²) in [6.07, 6.45) is 7.17. The first-order chi connectivity index (χ1) is 22.7. The van der Waals surface area contributed by atoms with Crippen LogP contribution in [-0.4, -0.2) is 92.2 Å². The second-order valence-electron chi connectivity index (χ2n) is 19.4. The normalized spacial score (nSPS) is 51.8. The molecule has 4 N–H and O–H groups in total. The number of nitrogens with one attached hydrogen (secondary N) is 1. The smallest absolute Gasteiger partial charge is 0.404 e. The molecule has 3 unspecified atom stereocenters. The quantitative estimate of drug-likeness (QED) is 0.339. The van der Waals surface area contributed by atoms with E-state index in [0.717, 1.165) is 64.5 Å². The SMILES string of the molecule is CC(C)[C@@H](OC(N)=O)C1C[C@@H](C)[C@H]2C(O1)[C@H](O)[C@@]1(C)C3CC[C@H]4C(C)(C)[C@@H](O[C@H]5CN(CC6CNC6)CCO5)CC[C@@]45C[C@@]35CC[C@]21C. The largest absolute Gasteiger partial charge is 0.443 e. The zero-order valence-corrected chi connectivity index (χ0v) is 30.8. The van der Waals surface area contributed by atoms with E-state index in [1.165, 1.54) is 32.1 Å². The number of carbonyl (C=O) groups excluding carboxylic acids is 1. The summed E-state index contributed by atoms with van der Waals surface area (Å²) in [4.78, 5) is 14.4. The minimum absolute atomic E-state index is 0.00143. The number of hydrogen-bond donors (Lipinski definition) is 3. The lowest BCUT2D eigenvalue weighted by Gasteiger charge is -2.64. The van der Waals surface area contributed by atoms with Gasteiger partial charge in [0.2, 0.25) is 0 Å². The van der Waals surface area contributed by atoms with Gasteiger partial charge < -0.3 is 35.1 Å². The molecule has 1 amide bonds. The number of amides is 1. The van der Waals surface area contributed by atoms with E-state index in [9.17, 15) is 9.90 Å². The van der Waals surface area contributed by atoms with E-state index in [1.807, 2.05) is 0 Å². The van der Waals surface area contributed by atoms with Crippen molar-refractivity contribution in [2.75, 3.05) is 39.3 Å². The van der Waals surface area contributed by atoms with E-state index in [2.05, 4.69) is 58.7 Å². The zero-order chi connectivity index (χ0) is 34.0. The van der Waals surface area contributed by atoms with Crippen molar-refractivity contribution in [3.05, 3.63) is 0 Å². The van der Waals surface area contributed by atoms with Crippen LogP contribution >= 0.6 is 0 Å². The number of nitrogens with zero attached hydrogens (tertiary/aromatic N) is 1. The van der Waals surface area contributed by atoms with Crippen molar-refractivity contribution >= 4 is 6.09 Å². The summed E-state index contributed by atoms with van der Waals surface area (Å²) in [5.74, 6) is 2.62. The second-order valence-corrected chi connectivity index (χ2v) is 19.4. The molecule has 5 aliphatic carbocycles. The molecule has 9 nitrogen and oxygen atoms in total. The first-order valence-electron chi connectivity index (χ1n) is 19.7. The van der Waals surface area contributed by atoms with Gasteiger partial charge in [-0.15, -0.1) is 0 Å². The molecule has 0 radical (unpaired) electrons. The van der Waals surface area contributed by atoms with Gasteiger partial charge >= 0.3 is 6.09 Å². The highest BCUT2D eigenvalue weighted by atomic mass is 16.7. The van der Waals surface area contributed by atoms with Gasteiger partial charge in [0.1, 0.15) is 6.10 Å². The van der Waals surface area contributed by atoms with Crippen LogP contribution < -0.4 is 11.1 Å². The van der Waals surface area contributed by atoms with Crippen LogP contribution in [0.15, 0.2) is 0 Å². The Kier molecular flexibility index (Phi) is 8.19. The summed E-state index contributed by atoms with van der Waals surface area (Å²) in [6.45, 7) is 22.5. The Morgan fingerprint density at radius 3 is 2.48 bits per heavy atom. The molecule has 2 spiro atoms. The molecule has 9 heteroatoms. The third kappa shape index (κ3) is 4.65. The van der Waals surface area contributed by atoms with E-state index >= 15 is 0 Å². The van der Waals surface area contributed by atoms with Crippen LogP contribution in [0.2, 0.25) is 0 Å². The van der Waals surface area contributed by atoms with E-state index in [4.69, 9.17) is 24.7 Å². The van der Waals surface area contributed by atoms with Crippen molar-refractivity contribution in [1.29, 1.82) is 0 Å². The molecular weight excluding hydrogens is 606 g/mol. The highest BCUT2D eigenvalue weighted by molar-refractivity contribution is 5.64. The summed E-state index contributed by atoms with van der Waals surface area (Å²) in [5.41, 5.74) is 6.02. The lowest BCUT2D eigenvalue weighted by atomic mass is 9.41. The number of primary amides is 1. The molecule has 8 rings (SSSR count). The minimum atomic E-state index is -0.748. The van der Waals surface area contributed by atoms with Crippen LogP contribution in [0.1, 0.15) is 99.8 Å². The second kappa shape index (κ2) is 11.5. The number of hydrogen-bond acceptors (Lipinski definition) is 8. The van der Waals surface area contributed by atoms with E-state index in [1.54, 1.807) is 0 Å². The molecule has 3 saturated heterocycles. The predicted octanol–water partition coefficient (Wildman–Crippen LogP) is 5.18. The molecule has 0 aromatic heterocycles. The number of fused-ring (bicyclic) bond motifs is 4. The zero-order valence-electron chi connectivity index (χ0n) is 30.8. The molecule has 3 aliphatic heterocycles. The molecule has 0 aromatic carbocycles. The molecule has 8 fully saturated rings. The van der Waals surface area contributed by atoms with Gasteiger partial charge in [-0.2, -0.15) is 0 Å². The van der Waals surface area contributed by atoms with Crippen LogP contribution in [0.5, 0.6) is 0 Å². The number of ether oxygens (including phenoxy) is 4. The van der Waals surface area contributed by atoms with Crippen molar-refractivity contribution in [1.82, 2.24) is 10.2 Å². The van der Waals surface area contributed by atoms with Gasteiger partial charge in [0.25, 0.3) is 0 Å². The van der Waals surface area contributed by atoms with Crippen LogP contribution in [0.4, 0.5) is 4.79 Å². The Bertz CT molecular complexity index is 1260. The highest BCUT2D eigenvalue weighted by Gasteiger charge is 2.84. The lowest BCUT2D eigenvalue weighted by Crippen LogP contribution is -2.60. The van der Waals surface area contributed by atoms with E-state index < -0.39 is 18.3 Å². The van der Waals surface area contributed by atoms with Gasteiger partial charge in [0.15, 0.2) is 6.29 Å². The van der Waals surface area contributed by atoms with Crippen LogP contribution in [0.3, 0.4) is 0 Å². The molecular formula is C39H65N3O6. The average Bonchev–Trinajstić information content (AvgIpc) is 3.64. The maximum atomic E-state index is 12.6. The van der Waals surface area contributed by atoms with E-state index in [0.29, 0.717) is 28.6 Å². The third-order valence-electron chi connectivity index (χ3n) is 16.9. The van der Waals surface area contributed by atoms with Crippen LogP contribution in [0.25, 0.3) is 0 Å². The highest BCUT2D eigenvalue weighted by Crippen LogP contribution is 2.89. The fraction of sp³-hybridized carbons (Fsp3) is 0.974. The van der Waals surface area contributed by atoms with Gasteiger partial charge in [-0.05, 0) is 109 Å². The number of carbonyl (C=O) groups is 1. The summed E-state index contributed by atoms with van der Waals surface area (Å²) >= 11 is 0. The van der Waals surface area contributed by atoms with Crippen LogP contribution in [0, 0.1) is 62.6 Å². The third-order valence-corrected chi connectivity index (χ3v) is 16.9. The van der Waals surface area contributed by atoms with Gasteiger partial charge in [-0.1, -0.05) is 48.5 Å². The first-order valence-corrected chi connectivity index (χ1v) is 19.7. The standard InChI is InChI=1S/C39H65N3O6/c1-22(2)31(48-34(40)44)25-16-23(3)30-32(46-25)33(43)37(7)27-9-8-26-35(4,5)28(10-11-38(26)21-39(27,38)13-12-36(30,37)6)47-29-20-42(14-15-45-29)19-24-17-41-18-24/h22-33,41,43H,8-21H2,1-7H3,(H2,40,44)/t23-,25?,26+,27?,28+,29+,30+,31-,32?,33+,36-,37-,38-,39+/m1/s1. The monoisotopic (exact) mass is 671 g/mol. The summed E-state index contributed by atoms with van der Waals surface area (Å²) < 4.78 is 25.7. The molecule has 272 valence electrons. The molecule has 0 aromatic rings. The van der Waals surface area contributed by atoms with Crippen molar-refractivity contribution in [3.8, 4) is 0 Å². The fourth-order valence-electron chi connectivity index (χ4n) is 14.5. The summed E-state index contributed by atoms with van der Waals surface area (Å²) in [6, 6.07) is 0. The summed E-state index contributed by atoms with van der Waals surface area (Å²) in [5, 5.41) is 16.0. The topological polar surface area (TPSA) is 116 Å². The van der Waals surface area contributed by atoms with Crippen molar-refractivity contribution in [2.24, 2.45) is 68.3 Å². The Morgan fingerprint density at radius 2 is 1.79 bits per heavy atom. The van der Waals surface area contributed by atoms with Gasteiger partial charge in [0.05, 0.1) is 31.0 Å². The minimum Gasteiger partial charge on any atom is -0.443 e. The molecule has 5 saturated carbocycles. The lowest BCUT2D eigenvalue weighted by molar-refractivity contribution is -0.249. The summed E-state index contributed by atoms with van der Waals surface area (Å²) in [7, 11) is 0. The van der Waals surface area contributed by atoms with Gasteiger partial charge in [-0.25, -0.2) is 4.79 Å². The Morgan fingerprint density at radius 1 is 1.06 bits per heavy atom. The number of aliphatic hydroxyl groups is 1. The Labute approximate surface area is 289 Å². The maximum Gasteiger partial charge on any atom is 0.404 e. The number of aliphatic hydroxyl groups excluding tert-OH is 1. The Hall–Kier alpha value is -0.970. The predicted molar refractivity (Wildman–Crippen MR) is 183 cm³/mol. The maximum absolute atomic E-state index is 12.6. The van der Waals surface area contributed by atoms with E-state index in [-0.39, 0.29) is 52.7 Å². The molecule has 0 bridgehead atoms. The van der Waals surface area contributed by atoms with Crippen molar-refractivity contribution < 1.29 is 28.8 Å².